The van der Waals surface area contributed by atoms with Crippen molar-refractivity contribution in [2.24, 2.45) is 0 Å². The van der Waals surface area contributed by atoms with Gasteiger partial charge in [-0.15, -0.1) is 19.8 Å². The van der Waals surface area contributed by atoms with Gasteiger partial charge in [-0.2, -0.15) is 0 Å². The van der Waals surface area contributed by atoms with Crippen LogP contribution in [0.1, 0.15) is 6.42 Å². The number of hydrogen-bond acceptors (Lipinski definition) is 2. The minimum atomic E-state index is -4.64. The number of alkyl halides is 3. The Balaban J connectivity index is 2.51. The number of hydrogen-bond donors (Lipinski definition) is 1. The van der Waals surface area contributed by atoms with E-state index in [4.69, 9.17) is 0 Å². The molecule has 0 amide bonds. The smallest absolute Gasteiger partial charge is 0.406 e. The van der Waals surface area contributed by atoms with Crippen molar-refractivity contribution < 1.29 is 17.9 Å². The highest BCUT2D eigenvalue weighted by Gasteiger charge is 2.30. The van der Waals surface area contributed by atoms with E-state index in [1.54, 1.807) is 6.08 Å². The summed E-state index contributed by atoms with van der Waals surface area (Å²) in [6.45, 7) is 4.26. The molecule has 0 spiro atoms. The van der Waals surface area contributed by atoms with Crippen molar-refractivity contribution in [3.05, 3.63) is 36.9 Å². The Morgan fingerprint density at radius 2 is 1.88 bits per heavy atom. The molecular weight excluding hydrogens is 219 g/mol. The molecule has 88 valence electrons. The highest BCUT2D eigenvalue weighted by atomic mass is 19.4. The first-order valence-corrected chi connectivity index (χ1v) is 4.72. The van der Waals surface area contributed by atoms with E-state index in [9.17, 15) is 13.2 Å². The highest BCUT2D eigenvalue weighted by molar-refractivity contribution is 5.46. The van der Waals surface area contributed by atoms with Crippen LogP contribution in [0.3, 0.4) is 0 Å². The predicted octanol–water partition coefficient (Wildman–Crippen LogP) is 3.57. The summed E-state index contributed by atoms with van der Waals surface area (Å²) < 4.78 is 39.3. The first-order valence-electron chi connectivity index (χ1n) is 4.72. The molecule has 16 heavy (non-hydrogen) atoms. The molecule has 0 unspecified atom stereocenters. The molecule has 0 aliphatic rings. The number of rotatable bonds is 5. The summed E-state index contributed by atoms with van der Waals surface area (Å²) in [5.74, 6) is -0.221. The van der Waals surface area contributed by atoms with Crippen molar-refractivity contribution in [3.63, 3.8) is 0 Å². The summed E-state index contributed by atoms with van der Waals surface area (Å²) in [5.41, 5.74) is 0.747. The van der Waals surface area contributed by atoms with Crippen LogP contribution in [0.5, 0.6) is 5.75 Å². The van der Waals surface area contributed by atoms with Crippen LogP contribution in [-0.4, -0.2) is 12.9 Å². The first-order chi connectivity index (χ1) is 7.51. The number of anilines is 1. The third kappa shape index (κ3) is 4.72. The van der Waals surface area contributed by atoms with Crippen molar-refractivity contribution in [1.82, 2.24) is 0 Å². The second-order valence-corrected chi connectivity index (χ2v) is 3.08. The molecule has 1 aromatic carbocycles. The molecule has 2 nitrogen and oxygen atoms in total. The molecule has 0 radical (unpaired) electrons. The minimum absolute atomic E-state index is 0.221. The van der Waals surface area contributed by atoms with Crippen molar-refractivity contribution in [3.8, 4) is 5.75 Å². The monoisotopic (exact) mass is 231 g/mol. The Hall–Kier alpha value is -1.65. The second-order valence-electron chi connectivity index (χ2n) is 3.08. The van der Waals surface area contributed by atoms with Gasteiger partial charge in [0, 0.05) is 12.2 Å². The van der Waals surface area contributed by atoms with E-state index >= 15 is 0 Å². The molecule has 0 heterocycles. The zero-order valence-electron chi connectivity index (χ0n) is 8.55. The molecule has 0 aliphatic heterocycles. The summed E-state index contributed by atoms with van der Waals surface area (Å²) in [6.07, 6.45) is -2.09. The molecule has 1 aromatic rings. The summed E-state index contributed by atoms with van der Waals surface area (Å²) in [6, 6.07) is 5.60. The van der Waals surface area contributed by atoms with E-state index in [0.717, 1.165) is 12.1 Å². The minimum Gasteiger partial charge on any atom is -0.406 e. The normalized spacial score (nSPS) is 10.9. The number of nitrogens with one attached hydrogen (secondary N) is 1. The van der Waals surface area contributed by atoms with Crippen molar-refractivity contribution >= 4 is 5.69 Å². The Labute approximate surface area is 91.7 Å². The van der Waals surface area contributed by atoms with Gasteiger partial charge in [-0.3, -0.25) is 0 Å². The molecule has 5 heteroatoms. The highest BCUT2D eigenvalue weighted by Crippen LogP contribution is 2.23. The van der Waals surface area contributed by atoms with Crippen molar-refractivity contribution in [2.45, 2.75) is 12.8 Å². The molecule has 0 fully saturated rings. The van der Waals surface area contributed by atoms with Crippen LogP contribution in [-0.2, 0) is 0 Å². The summed E-state index contributed by atoms with van der Waals surface area (Å²) in [4.78, 5) is 0. The van der Waals surface area contributed by atoms with Crippen LogP contribution >= 0.6 is 0 Å². The van der Waals surface area contributed by atoms with Gasteiger partial charge in [0.2, 0.25) is 0 Å². The van der Waals surface area contributed by atoms with Gasteiger partial charge in [0.05, 0.1) is 0 Å². The van der Waals surface area contributed by atoms with Gasteiger partial charge in [-0.1, -0.05) is 6.08 Å². The van der Waals surface area contributed by atoms with Gasteiger partial charge < -0.3 is 10.1 Å². The molecule has 0 aromatic heterocycles. The maximum atomic E-state index is 11.8. The zero-order valence-corrected chi connectivity index (χ0v) is 8.55. The Morgan fingerprint density at radius 3 is 2.38 bits per heavy atom. The van der Waals surface area contributed by atoms with Crippen LogP contribution < -0.4 is 10.1 Å². The molecular formula is C11H12F3NO. The van der Waals surface area contributed by atoms with Gasteiger partial charge in [0.15, 0.2) is 0 Å². The lowest BCUT2D eigenvalue weighted by atomic mass is 10.3. The van der Waals surface area contributed by atoms with Gasteiger partial charge >= 0.3 is 6.36 Å². The van der Waals surface area contributed by atoms with E-state index in [2.05, 4.69) is 16.6 Å². The van der Waals surface area contributed by atoms with Crippen LogP contribution in [0.2, 0.25) is 0 Å². The maximum absolute atomic E-state index is 11.8. The third-order valence-corrected chi connectivity index (χ3v) is 1.77. The summed E-state index contributed by atoms with van der Waals surface area (Å²) in [5, 5.41) is 3.03. The molecule has 1 N–H and O–H groups in total. The molecule has 0 bridgehead atoms. The Morgan fingerprint density at radius 1 is 1.25 bits per heavy atom. The maximum Gasteiger partial charge on any atom is 0.573 e. The van der Waals surface area contributed by atoms with Crippen molar-refractivity contribution in [1.29, 1.82) is 0 Å². The van der Waals surface area contributed by atoms with Crippen LogP contribution in [0.4, 0.5) is 18.9 Å². The van der Waals surface area contributed by atoms with Gasteiger partial charge in [-0.05, 0) is 30.7 Å². The first kappa shape index (κ1) is 12.4. The van der Waals surface area contributed by atoms with E-state index in [-0.39, 0.29) is 5.75 Å². The predicted molar refractivity (Wildman–Crippen MR) is 56.4 cm³/mol. The zero-order chi connectivity index (χ0) is 12.0. The fourth-order valence-corrected chi connectivity index (χ4v) is 1.09. The van der Waals surface area contributed by atoms with Gasteiger partial charge in [-0.25, -0.2) is 0 Å². The van der Waals surface area contributed by atoms with Gasteiger partial charge in [0.1, 0.15) is 5.75 Å². The van der Waals surface area contributed by atoms with E-state index in [0.29, 0.717) is 6.54 Å². The molecule has 0 atom stereocenters. The van der Waals surface area contributed by atoms with E-state index < -0.39 is 6.36 Å². The fraction of sp³-hybridized carbons (Fsp3) is 0.273. The standard InChI is InChI=1S/C11H12F3NO/c1-2-3-8-15-9-4-6-10(7-5-9)16-11(12,13)14/h2,4-7,15H,1,3,8H2. The Bertz CT molecular complexity index is 332. The average Bonchev–Trinajstić information content (AvgIpc) is 2.19. The lowest BCUT2D eigenvalue weighted by Gasteiger charge is -2.09. The third-order valence-electron chi connectivity index (χ3n) is 1.77. The molecule has 0 aliphatic carbocycles. The van der Waals surface area contributed by atoms with Crippen LogP contribution in [0.25, 0.3) is 0 Å². The molecule has 0 saturated heterocycles. The molecule has 1 rings (SSSR count). The largest absolute Gasteiger partial charge is 0.573 e. The molecule has 0 saturated carbocycles. The number of ether oxygens (including phenoxy) is 1. The second kappa shape index (κ2) is 5.44. The average molecular weight is 231 g/mol. The quantitative estimate of drug-likeness (QED) is 0.617. The summed E-state index contributed by atoms with van der Waals surface area (Å²) in [7, 11) is 0. The number of halogens is 3. The van der Waals surface area contributed by atoms with Crippen LogP contribution in [0, 0.1) is 0 Å². The van der Waals surface area contributed by atoms with E-state index in [1.165, 1.54) is 24.3 Å². The topological polar surface area (TPSA) is 21.3 Å². The Kier molecular flexibility index (Phi) is 4.22. The van der Waals surface area contributed by atoms with E-state index in [1.807, 2.05) is 0 Å². The van der Waals surface area contributed by atoms with Gasteiger partial charge in [0.25, 0.3) is 0 Å². The van der Waals surface area contributed by atoms with Crippen LogP contribution in [0.15, 0.2) is 36.9 Å². The lowest BCUT2D eigenvalue weighted by Crippen LogP contribution is -2.17. The lowest BCUT2D eigenvalue weighted by molar-refractivity contribution is -0.274. The summed E-state index contributed by atoms with van der Waals surface area (Å²) >= 11 is 0. The fourth-order valence-electron chi connectivity index (χ4n) is 1.09. The number of benzene rings is 1. The SMILES string of the molecule is C=CCCNc1ccc(OC(F)(F)F)cc1. The van der Waals surface area contributed by atoms with Crippen molar-refractivity contribution in [2.75, 3.05) is 11.9 Å².